The average molecular weight is 267 g/mol. The van der Waals surface area contributed by atoms with E-state index in [4.69, 9.17) is 0 Å². The number of hydrogen-bond acceptors (Lipinski definition) is 3. The monoisotopic (exact) mass is 267 g/mol. The number of hydrogen-bond donors (Lipinski definition) is 1. The molecule has 2 atom stereocenters. The lowest BCUT2D eigenvalue weighted by Gasteiger charge is -2.49. The van der Waals surface area contributed by atoms with Crippen LogP contribution >= 0.6 is 0 Å². The van der Waals surface area contributed by atoms with Crippen molar-refractivity contribution in [3.8, 4) is 0 Å². The summed E-state index contributed by atoms with van der Waals surface area (Å²) in [5.74, 6) is 0.279. The lowest BCUT2D eigenvalue weighted by molar-refractivity contribution is -0.133. The van der Waals surface area contributed by atoms with Crippen LogP contribution in [0.5, 0.6) is 0 Å². The third-order valence-corrected chi connectivity index (χ3v) is 4.84. The molecule has 110 valence electrons. The van der Waals surface area contributed by atoms with Gasteiger partial charge in [-0.2, -0.15) is 0 Å². The standard InChI is InChI=1S/C15H29N3O/c1-4-16-12-9-13-7-6-8-14(10-12)18(13)11-15(19)17(3)5-2/h12-14,16H,4-11H2,1-3H3. The zero-order chi connectivity index (χ0) is 13.8. The summed E-state index contributed by atoms with van der Waals surface area (Å²) in [5, 5.41) is 3.60. The van der Waals surface area contributed by atoms with E-state index in [2.05, 4.69) is 17.1 Å². The highest BCUT2D eigenvalue weighted by atomic mass is 16.2. The van der Waals surface area contributed by atoms with Gasteiger partial charge in [0.1, 0.15) is 0 Å². The number of likely N-dealkylation sites (N-methyl/N-ethyl adjacent to an activating group) is 1. The van der Waals surface area contributed by atoms with Crippen LogP contribution in [0.2, 0.25) is 0 Å². The van der Waals surface area contributed by atoms with Crippen molar-refractivity contribution in [1.29, 1.82) is 0 Å². The van der Waals surface area contributed by atoms with E-state index in [0.717, 1.165) is 13.1 Å². The molecule has 0 radical (unpaired) electrons. The van der Waals surface area contributed by atoms with Crippen LogP contribution < -0.4 is 5.32 Å². The fourth-order valence-corrected chi connectivity index (χ4v) is 3.65. The summed E-state index contributed by atoms with van der Waals surface area (Å²) in [5.41, 5.74) is 0. The largest absolute Gasteiger partial charge is 0.345 e. The SMILES string of the molecule is CCNC1CC2CCCC(C1)N2CC(=O)N(C)CC. The second-order valence-electron chi connectivity index (χ2n) is 6.04. The topological polar surface area (TPSA) is 35.6 Å². The van der Waals surface area contributed by atoms with Crippen molar-refractivity contribution in [2.24, 2.45) is 0 Å². The van der Waals surface area contributed by atoms with E-state index in [9.17, 15) is 4.79 Å². The highest BCUT2D eigenvalue weighted by molar-refractivity contribution is 5.78. The van der Waals surface area contributed by atoms with Crippen LogP contribution in [0, 0.1) is 0 Å². The summed E-state index contributed by atoms with van der Waals surface area (Å²) < 4.78 is 0. The lowest BCUT2D eigenvalue weighted by Crippen LogP contribution is -2.58. The van der Waals surface area contributed by atoms with Gasteiger partial charge in [-0.05, 0) is 39.2 Å². The maximum atomic E-state index is 12.1. The Balaban J connectivity index is 1.96. The van der Waals surface area contributed by atoms with E-state index >= 15 is 0 Å². The van der Waals surface area contributed by atoms with E-state index in [1.807, 2.05) is 18.9 Å². The van der Waals surface area contributed by atoms with Crippen molar-refractivity contribution >= 4 is 5.91 Å². The molecule has 0 aromatic carbocycles. The number of piperidine rings is 2. The number of carbonyl (C=O) groups is 1. The molecule has 2 fully saturated rings. The Bertz CT molecular complexity index is 294. The maximum Gasteiger partial charge on any atom is 0.236 e. The van der Waals surface area contributed by atoms with Gasteiger partial charge in [-0.1, -0.05) is 13.3 Å². The zero-order valence-electron chi connectivity index (χ0n) is 12.7. The van der Waals surface area contributed by atoms with Gasteiger partial charge in [0.2, 0.25) is 5.91 Å². The zero-order valence-corrected chi connectivity index (χ0v) is 12.7. The molecule has 1 N–H and O–H groups in total. The molecule has 2 bridgehead atoms. The number of nitrogens with one attached hydrogen (secondary N) is 1. The van der Waals surface area contributed by atoms with Crippen molar-refractivity contribution in [3.63, 3.8) is 0 Å². The molecular formula is C15H29N3O. The normalized spacial score (nSPS) is 31.2. The second-order valence-corrected chi connectivity index (χ2v) is 6.04. The Kier molecular flexibility index (Phi) is 5.22. The van der Waals surface area contributed by atoms with Crippen LogP contribution in [0.25, 0.3) is 0 Å². The van der Waals surface area contributed by atoms with Crippen LogP contribution in [0.4, 0.5) is 0 Å². The van der Waals surface area contributed by atoms with Crippen molar-refractivity contribution in [3.05, 3.63) is 0 Å². The lowest BCUT2D eigenvalue weighted by atomic mass is 9.81. The predicted molar refractivity (Wildman–Crippen MR) is 78.1 cm³/mol. The summed E-state index contributed by atoms with van der Waals surface area (Å²) >= 11 is 0. The molecule has 0 saturated carbocycles. The Morgan fingerprint density at radius 1 is 1.26 bits per heavy atom. The van der Waals surface area contributed by atoms with Crippen LogP contribution in [0.1, 0.15) is 46.0 Å². The summed E-state index contributed by atoms with van der Waals surface area (Å²) in [6.07, 6.45) is 6.30. The molecule has 2 aliphatic rings. The molecule has 2 rings (SSSR count). The Hall–Kier alpha value is -0.610. The summed E-state index contributed by atoms with van der Waals surface area (Å²) in [6.45, 7) is 6.71. The molecule has 2 saturated heterocycles. The third-order valence-electron chi connectivity index (χ3n) is 4.84. The summed E-state index contributed by atoms with van der Waals surface area (Å²) in [6, 6.07) is 1.90. The molecule has 0 spiro atoms. The Labute approximate surface area is 117 Å². The van der Waals surface area contributed by atoms with Gasteiger partial charge in [0.15, 0.2) is 0 Å². The number of carbonyl (C=O) groups excluding carboxylic acids is 1. The molecular weight excluding hydrogens is 238 g/mol. The highest BCUT2D eigenvalue weighted by Gasteiger charge is 2.38. The molecule has 4 heteroatoms. The van der Waals surface area contributed by atoms with E-state index < -0.39 is 0 Å². The van der Waals surface area contributed by atoms with E-state index in [0.29, 0.717) is 24.7 Å². The van der Waals surface area contributed by atoms with E-state index in [-0.39, 0.29) is 5.91 Å². The van der Waals surface area contributed by atoms with Crippen molar-refractivity contribution in [2.45, 2.75) is 64.1 Å². The number of amides is 1. The minimum Gasteiger partial charge on any atom is -0.345 e. The van der Waals surface area contributed by atoms with Crippen LogP contribution in [0.15, 0.2) is 0 Å². The second kappa shape index (κ2) is 6.71. The quantitative estimate of drug-likeness (QED) is 0.819. The highest BCUT2D eigenvalue weighted by Crippen LogP contribution is 2.33. The first-order valence-electron chi connectivity index (χ1n) is 7.88. The minimum absolute atomic E-state index is 0.279. The molecule has 2 aliphatic heterocycles. The van der Waals surface area contributed by atoms with Crippen molar-refractivity contribution in [2.75, 3.05) is 26.7 Å². The molecule has 0 aromatic rings. The van der Waals surface area contributed by atoms with Gasteiger partial charge in [0.25, 0.3) is 0 Å². The summed E-state index contributed by atoms with van der Waals surface area (Å²) in [4.78, 5) is 16.5. The third kappa shape index (κ3) is 3.48. The number of nitrogens with zero attached hydrogens (tertiary/aromatic N) is 2. The Morgan fingerprint density at radius 3 is 2.42 bits per heavy atom. The van der Waals surface area contributed by atoms with Crippen LogP contribution in [0.3, 0.4) is 0 Å². The van der Waals surface area contributed by atoms with Crippen LogP contribution in [-0.2, 0) is 4.79 Å². The molecule has 4 nitrogen and oxygen atoms in total. The van der Waals surface area contributed by atoms with Gasteiger partial charge in [-0.25, -0.2) is 0 Å². The van der Waals surface area contributed by atoms with Gasteiger partial charge in [0.05, 0.1) is 6.54 Å². The fourth-order valence-electron chi connectivity index (χ4n) is 3.65. The first kappa shape index (κ1) is 14.8. The molecule has 19 heavy (non-hydrogen) atoms. The van der Waals surface area contributed by atoms with Gasteiger partial charge < -0.3 is 10.2 Å². The Morgan fingerprint density at radius 2 is 1.89 bits per heavy atom. The number of fused-ring (bicyclic) bond motifs is 2. The van der Waals surface area contributed by atoms with Gasteiger partial charge in [0, 0.05) is 31.7 Å². The minimum atomic E-state index is 0.279. The predicted octanol–water partition coefficient (Wildman–Crippen LogP) is 1.46. The van der Waals surface area contributed by atoms with Gasteiger partial charge in [-0.15, -0.1) is 0 Å². The summed E-state index contributed by atoms with van der Waals surface area (Å²) in [7, 11) is 1.91. The van der Waals surface area contributed by atoms with Gasteiger partial charge >= 0.3 is 0 Å². The average Bonchev–Trinajstić information content (AvgIpc) is 2.38. The smallest absolute Gasteiger partial charge is 0.236 e. The molecule has 2 unspecified atom stereocenters. The first-order valence-corrected chi connectivity index (χ1v) is 7.88. The van der Waals surface area contributed by atoms with Crippen LogP contribution in [-0.4, -0.2) is 60.5 Å². The molecule has 1 amide bonds. The van der Waals surface area contributed by atoms with Crippen molar-refractivity contribution in [1.82, 2.24) is 15.1 Å². The number of rotatable bonds is 5. The van der Waals surface area contributed by atoms with Gasteiger partial charge in [-0.3, -0.25) is 9.69 Å². The van der Waals surface area contributed by atoms with E-state index in [1.165, 1.54) is 32.1 Å². The van der Waals surface area contributed by atoms with E-state index in [1.54, 1.807) is 0 Å². The molecule has 0 aromatic heterocycles. The maximum absolute atomic E-state index is 12.1. The molecule has 2 heterocycles. The first-order chi connectivity index (χ1) is 9.15. The fraction of sp³-hybridized carbons (Fsp3) is 0.933. The molecule has 0 aliphatic carbocycles. The van der Waals surface area contributed by atoms with Crippen molar-refractivity contribution < 1.29 is 4.79 Å².